The maximum atomic E-state index is 5.67. The Bertz CT molecular complexity index is 476. The number of benzene rings is 1. The molecular formula is C13H16N2S. The molecule has 0 radical (unpaired) electrons. The predicted molar refractivity (Wildman–Crippen MR) is 69.4 cm³/mol. The Morgan fingerprint density at radius 2 is 2.00 bits per heavy atom. The zero-order valence-electron chi connectivity index (χ0n) is 9.53. The number of hydrazine groups is 1. The number of rotatable bonds is 3. The first-order valence-corrected chi connectivity index (χ1v) is 6.17. The van der Waals surface area contributed by atoms with Crippen LogP contribution in [-0.2, 0) is 0 Å². The average molecular weight is 232 g/mol. The summed E-state index contributed by atoms with van der Waals surface area (Å²) in [4.78, 5) is 1.31. The topological polar surface area (TPSA) is 38.0 Å². The van der Waals surface area contributed by atoms with Gasteiger partial charge in [-0.2, -0.15) is 0 Å². The molecule has 0 aliphatic rings. The van der Waals surface area contributed by atoms with Crippen molar-refractivity contribution in [1.29, 1.82) is 0 Å². The van der Waals surface area contributed by atoms with Crippen LogP contribution in [0.5, 0.6) is 0 Å². The van der Waals surface area contributed by atoms with Crippen molar-refractivity contribution in [2.24, 2.45) is 5.84 Å². The minimum Gasteiger partial charge on any atom is -0.271 e. The lowest BCUT2D eigenvalue weighted by Crippen LogP contribution is -2.29. The largest absolute Gasteiger partial charge is 0.271 e. The number of nitrogens with two attached hydrogens (primary N) is 1. The van der Waals surface area contributed by atoms with Crippen LogP contribution in [0.3, 0.4) is 0 Å². The third-order valence-corrected chi connectivity index (χ3v) is 3.63. The Morgan fingerprint density at radius 1 is 1.25 bits per heavy atom. The molecule has 1 unspecified atom stereocenters. The number of nitrogens with one attached hydrogen (secondary N) is 1. The average Bonchev–Trinajstić information content (AvgIpc) is 2.69. The first kappa shape index (κ1) is 11.3. The third-order valence-electron chi connectivity index (χ3n) is 2.75. The number of hydrogen-bond acceptors (Lipinski definition) is 3. The van der Waals surface area contributed by atoms with Crippen molar-refractivity contribution in [2.75, 3.05) is 0 Å². The van der Waals surface area contributed by atoms with Crippen molar-refractivity contribution in [1.82, 2.24) is 5.43 Å². The maximum absolute atomic E-state index is 5.67. The Kier molecular flexibility index (Phi) is 3.39. The van der Waals surface area contributed by atoms with Gasteiger partial charge < -0.3 is 0 Å². The van der Waals surface area contributed by atoms with Gasteiger partial charge in [-0.3, -0.25) is 5.84 Å². The molecule has 1 heterocycles. The fourth-order valence-corrected chi connectivity index (χ4v) is 2.62. The molecule has 0 aliphatic heterocycles. The van der Waals surface area contributed by atoms with Gasteiger partial charge in [0.15, 0.2) is 0 Å². The molecule has 0 saturated carbocycles. The lowest BCUT2D eigenvalue weighted by Gasteiger charge is -2.17. The van der Waals surface area contributed by atoms with E-state index >= 15 is 0 Å². The Balaban J connectivity index is 2.40. The van der Waals surface area contributed by atoms with Crippen LogP contribution in [0.15, 0.2) is 35.7 Å². The van der Waals surface area contributed by atoms with Crippen molar-refractivity contribution in [3.63, 3.8) is 0 Å². The van der Waals surface area contributed by atoms with Gasteiger partial charge in [-0.15, -0.1) is 11.3 Å². The molecule has 0 spiro atoms. The van der Waals surface area contributed by atoms with Gasteiger partial charge in [-0.25, -0.2) is 5.43 Å². The third kappa shape index (κ3) is 2.16. The van der Waals surface area contributed by atoms with Crippen LogP contribution in [0.2, 0.25) is 0 Å². The number of hydrogen-bond donors (Lipinski definition) is 2. The SMILES string of the molecule is Cc1cc(C(NN)c2ccccc2C)cs1. The van der Waals surface area contributed by atoms with Crippen molar-refractivity contribution in [2.45, 2.75) is 19.9 Å². The van der Waals surface area contributed by atoms with Crippen LogP contribution < -0.4 is 11.3 Å². The van der Waals surface area contributed by atoms with E-state index in [0.29, 0.717) is 0 Å². The lowest BCUT2D eigenvalue weighted by atomic mass is 9.97. The van der Waals surface area contributed by atoms with E-state index in [4.69, 9.17) is 5.84 Å². The van der Waals surface area contributed by atoms with E-state index in [0.717, 1.165) is 0 Å². The van der Waals surface area contributed by atoms with Gasteiger partial charge >= 0.3 is 0 Å². The molecule has 2 rings (SSSR count). The summed E-state index contributed by atoms with van der Waals surface area (Å²) in [5.41, 5.74) is 6.63. The molecule has 2 aromatic rings. The summed E-state index contributed by atoms with van der Waals surface area (Å²) < 4.78 is 0. The highest BCUT2D eigenvalue weighted by Crippen LogP contribution is 2.27. The van der Waals surface area contributed by atoms with Crippen LogP contribution >= 0.6 is 11.3 Å². The molecule has 1 aromatic carbocycles. The minimum atomic E-state index is 0.0890. The summed E-state index contributed by atoms with van der Waals surface area (Å²) >= 11 is 1.75. The summed E-state index contributed by atoms with van der Waals surface area (Å²) in [6.45, 7) is 4.22. The van der Waals surface area contributed by atoms with Crippen LogP contribution in [-0.4, -0.2) is 0 Å². The quantitative estimate of drug-likeness (QED) is 0.631. The summed E-state index contributed by atoms with van der Waals surface area (Å²) in [7, 11) is 0. The normalized spacial score (nSPS) is 12.7. The van der Waals surface area contributed by atoms with E-state index in [2.05, 4.69) is 42.9 Å². The number of aryl methyl sites for hydroxylation is 2. The second-order valence-corrected chi connectivity index (χ2v) is 5.06. The molecular weight excluding hydrogens is 216 g/mol. The zero-order chi connectivity index (χ0) is 11.5. The molecule has 0 aliphatic carbocycles. The Labute approximate surface area is 100 Å². The fraction of sp³-hybridized carbons (Fsp3) is 0.231. The maximum Gasteiger partial charge on any atom is 0.0720 e. The van der Waals surface area contributed by atoms with E-state index in [1.807, 2.05) is 12.1 Å². The summed E-state index contributed by atoms with van der Waals surface area (Å²) in [6.07, 6.45) is 0. The Hall–Kier alpha value is -1.16. The smallest absolute Gasteiger partial charge is 0.0720 e. The number of thiophene rings is 1. The summed E-state index contributed by atoms with van der Waals surface area (Å²) in [6, 6.07) is 10.6. The summed E-state index contributed by atoms with van der Waals surface area (Å²) in [5.74, 6) is 5.67. The molecule has 3 N–H and O–H groups in total. The molecule has 2 nitrogen and oxygen atoms in total. The first-order chi connectivity index (χ1) is 7.72. The van der Waals surface area contributed by atoms with Gasteiger partial charge in [0.1, 0.15) is 0 Å². The van der Waals surface area contributed by atoms with Gasteiger partial charge in [0.2, 0.25) is 0 Å². The second kappa shape index (κ2) is 4.78. The zero-order valence-corrected chi connectivity index (χ0v) is 10.3. The van der Waals surface area contributed by atoms with Crippen LogP contribution in [0.4, 0.5) is 0 Å². The van der Waals surface area contributed by atoms with E-state index in [1.165, 1.54) is 21.6 Å². The van der Waals surface area contributed by atoms with Gasteiger partial charge in [-0.05, 0) is 42.0 Å². The predicted octanol–water partition coefficient (Wildman–Crippen LogP) is 2.92. The van der Waals surface area contributed by atoms with E-state index < -0.39 is 0 Å². The fourth-order valence-electron chi connectivity index (χ4n) is 1.89. The molecule has 0 bridgehead atoms. The van der Waals surface area contributed by atoms with E-state index in [1.54, 1.807) is 11.3 Å². The molecule has 0 saturated heterocycles. The highest BCUT2D eigenvalue weighted by Gasteiger charge is 2.14. The van der Waals surface area contributed by atoms with E-state index in [-0.39, 0.29) is 6.04 Å². The molecule has 16 heavy (non-hydrogen) atoms. The highest BCUT2D eigenvalue weighted by atomic mass is 32.1. The minimum absolute atomic E-state index is 0.0890. The van der Waals surface area contributed by atoms with Crippen molar-refractivity contribution >= 4 is 11.3 Å². The molecule has 1 aromatic heterocycles. The van der Waals surface area contributed by atoms with Crippen molar-refractivity contribution in [3.8, 4) is 0 Å². The standard InChI is InChI=1S/C13H16N2S/c1-9-5-3-4-6-12(9)13(15-14)11-7-10(2)16-8-11/h3-8,13,15H,14H2,1-2H3. The summed E-state index contributed by atoms with van der Waals surface area (Å²) in [5, 5.41) is 2.16. The van der Waals surface area contributed by atoms with Crippen LogP contribution in [0, 0.1) is 13.8 Å². The van der Waals surface area contributed by atoms with E-state index in [9.17, 15) is 0 Å². The molecule has 1 atom stereocenters. The second-order valence-electron chi connectivity index (χ2n) is 3.95. The van der Waals surface area contributed by atoms with Gasteiger partial charge in [-0.1, -0.05) is 24.3 Å². The van der Waals surface area contributed by atoms with Gasteiger partial charge in [0, 0.05) is 4.88 Å². The van der Waals surface area contributed by atoms with Gasteiger partial charge in [0.05, 0.1) is 6.04 Å². The van der Waals surface area contributed by atoms with Crippen LogP contribution in [0.25, 0.3) is 0 Å². The molecule has 0 amide bonds. The van der Waals surface area contributed by atoms with Gasteiger partial charge in [0.25, 0.3) is 0 Å². The molecule has 84 valence electrons. The lowest BCUT2D eigenvalue weighted by molar-refractivity contribution is 0.635. The van der Waals surface area contributed by atoms with Crippen LogP contribution in [0.1, 0.15) is 27.6 Å². The monoisotopic (exact) mass is 232 g/mol. The Morgan fingerprint density at radius 3 is 2.56 bits per heavy atom. The van der Waals surface area contributed by atoms with Crippen molar-refractivity contribution in [3.05, 3.63) is 57.3 Å². The molecule has 3 heteroatoms. The highest BCUT2D eigenvalue weighted by molar-refractivity contribution is 7.10. The first-order valence-electron chi connectivity index (χ1n) is 5.29. The van der Waals surface area contributed by atoms with Crippen molar-refractivity contribution < 1.29 is 0 Å². The molecule has 0 fully saturated rings.